The van der Waals surface area contributed by atoms with Crippen molar-refractivity contribution < 1.29 is 18.7 Å². The molecule has 0 spiro atoms. The van der Waals surface area contributed by atoms with Gasteiger partial charge < -0.3 is 9.47 Å². The molecule has 4 nitrogen and oxygen atoms in total. The van der Waals surface area contributed by atoms with Crippen molar-refractivity contribution >= 4 is 5.97 Å². The predicted octanol–water partition coefficient (Wildman–Crippen LogP) is 1.41. The van der Waals surface area contributed by atoms with Gasteiger partial charge in [-0.05, 0) is 12.1 Å². The lowest BCUT2D eigenvalue weighted by molar-refractivity contribution is 0.0462. The van der Waals surface area contributed by atoms with Gasteiger partial charge in [0.25, 0.3) is 0 Å². The van der Waals surface area contributed by atoms with Crippen molar-refractivity contribution in [1.82, 2.24) is 4.98 Å². The first-order chi connectivity index (χ1) is 7.25. The highest BCUT2D eigenvalue weighted by atomic mass is 19.1. The van der Waals surface area contributed by atoms with Gasteiger partial charge in [0.1, 0.15) is 5.56 Å². The van der Waals surface area contributed by atoms with E-state index in [1.54, 1.807) is 7.11 Å². The van der Waals surface area contributed by atoms with Crippen molar-refractivity contribution in [3.05, 3.63) is 29.8 Å². The molecule has 0 radical (unpaired) electrons. The summed E-state index contributed by atoms with van der Waals surface area (Å²) in [6, 6.07) is 2.82. The number of carbonyl (C=O) groups is 1. The number of esters is 1. The van der Waals surface area contributed by atoms with Crippen molar-refractivity contribution in [2.24, 2.45) is 0 Å². The summed E-state index contributed by atoms with van der Waals surface area (Å²) in [5.41, 5.74) is -0.144. The van der Waals surface area contributed by atoms with Gasteiger partial charge in [-0.25, -0.2) is 9.78 Å². The Kier molecular flexibility index (Phi) is 4.70. The normalized spacial score (nSPS) is 10.0. The van der Waals surface area contributed by atoms with E-state index in [1.165, 1.54) is 18.3 Å². The third-order valence-electron chi connectivity index (χ3n) is 1.70. The van der Waals surface area contributed by atoms with Crippen molar-refractivity contribution in [1.29, 1.82) is 0 Å². The van der Waals surface area contributed by atoms with E-state index < -0.39 is 11.9 Å². The fourth-order valence-electron chi connectivity index (χ4n) is 0.984. The monoisotopic (exact) mass is 213 g/mol. The fraction of sp³-hybridized carbons (Fsp3) is 0.400. The van der Waals surface area contributed by atoms with Crippen LogP contribution in [-0.2, 0) is 9.47 Å². The number of pyridine rings is 1. The molecule has 0 saturated carbocycles. The number of nitrogens with zero attached hydrogens (tertiary/aromatic N) is 1. The second kappa shape index (κ2) is 6.08. The number of methoxy groups -OCH3 is 1. The highest BCUT2D eigenvalue weighted by Gasteiger charge is 2.12. The minimum atomic E-state index is -0.811. The summed E-state index contributed by atoms with van der Waals surface area (Å²) in [4.78, 5) is 14.6. The summed E-state index contributed by atoms with van der Waals surface area (Å²) in [5.74, 6) is -1.51. The Morgan fingerprint density at radius 2 is 2.33 bits per heavy atom. The molecule has 0 aliphatic carbocycles. The summed E-state index contributed by atoms with van der Waals surface area (Å²) < 4.78 is 22.6. The molecule has 82 valence electrons. The van der Waals surface area contributed by atoms with E-state index in [-0.39, 0.29) is 12.2 Å². The smallest absolute Gasteiger partial charge is 0.342 e. The van der Waals surface area contributed by atoms with Crippen LogP contribution in [0.2, 0.25) is 0 Å². The van der Waals surface area contributed by atoms with Crippen LogP contribution < -0.4 is 0 Å². The number of aromatic nitrogens is 1. The van der Waals surface area contributed by atoms with E-state index in [0.717, 1.165) is 0 Å². The van der Waals surface area contributed by atoms with Gasteiger partial charge in [-0.1, -0.05) is 0 Å². The van der Waals surface area contributed by atoms with Crippen molar-refractivity contribution in [2.45, 2.75) is 6.42 Å². The van der Waals surface area contributed by atoms with Crippen molar-refractivity contribution in [2.75, 3.05) is 20.3 Å². The van der Waals surface area contributed by atoms with Crippen molar-refractivity contribution in [3.63, 3.8) is 0 Å². The van der Waals surface area contributed by atoms with Gasteiger partial charge in [-0.2, -0.15) is 4.39 Å². The van der Waals surface area contributed by atoms with Crippen LogP contribution in [-0.4, -0.2) is 31.3 Å². The Hall–Kier alpha value is -1.49. The zero-order valence-corrected chi connectivity index (χ0v) is 8.40. The zero-order valence-electron chi connectivity index (χ0n) is 8.40. The largest absolute Gasteiger partial charge is 0.462 e. The molecule has 0 saturated heterocycles. The Morgan fingerprint density at radius 3 is 3.00 bits per heavy atom. The van der Waals surface area contributed by atoms with E-state index >= 15 is 0 Å². The molecule has 0 bridgehead atoms. The second-order valence-electron chi connectivity index (χ2n) is 2.82. The van der Waals surface area contributed by atoms with E-state index in [0.29, 0.717) is 13.0 Å². The fourth-order valence-corrected chi connectivity index (χ4v) is 0.984. The van der Waals surface area contributed by atoms with E-state index in [4.69, 9.17) is 9.47 Å². The number of hydrogen-bond acceptors (Lipinski definition) is 4. The molecule has 0 aliphatic heterocycles. The van der Waals surface area contributed by atoms with E-state index in [9.17, 15) is 9.18 Å². The highest BCUT2D eigenvalue weighted by molar-refractivity contribution is 5.89. The van der Waals surface area contributed by atoms with Crippen LogP contribution in [0.4, 0.5) is 4.39 Å². The number of hydrogen-bond donors (Lipinski definition) is 0. The molecule has 0 fully saturated rings. The molecule has 0 aromatic carbocycles. The topological polar surface area (TPSA) is 48.4 Å². The number of rotatable bonds is 5. The lowest BCUT2D eigenvalue weighted by atomic mass is 10.3. The minimum Gasteiger partial charge on any atom is -0.462 e. The molecular formula is C10H12FNO3. The maximum absolute atomic E-state index is 13.0. The quantitative estimate of drug-likeness (QED) is 0.421. The summed E-state index contributed by atoms with van der Waals surface area (Å²) in [7, 11) is 1.56. The van der Waals surface area contributed by atoms with Crippen LogP contribution in [0.3, 0.4) is 0 Å². The molecule has 0 N–H and O–H groups in total. The summed E-state index contributed by atoms with van der Waals surface area (Å²) >= 11 is 0. The third-order valence-corrected chi connectivity index (χ3v) is 1.70. The molecule has 15 heavy (non-hydrogen) atoms. The Balaban J connectivity index is 2.44. The van der Waals surface area contributed by atoms with Crippen LogP contribution in [0, 0.1) is 5.95 Å². The molecule has 5 heteroatoms. The van der Waals surface area contributed by atoms with Crippen LogP contribution in [0.15, 0.2) is 18.3 Å². The first kappa shape index (κ1) is 11.6. The maximum Gasteiger partial charge on any atom is 0.342 e. The molecule has 0 aliphatic rings. The number of ether oxygens (including phenoxy) is 2. The van der Waals surface area contributed by atoms with Gasteiger partial charge >= 0.3 is 5.97 Å². The molecule has 0 unspecified atom stereocenters. The van der Waals surface area contributed by atoms with E-state index in [2.05, 4.69) is 4.98 Å². The lowest BCUT2D eigenvalue weighted by Crippen LogP contribution is -2.10. The van der Waals surface area contributed by atoms with Crippen LogP contribution in [0.5, 0.6) is 0 Å². The average molecular weight is 213 g/mol. The Morgan fingerprint density at radius 1 is 1.53 bits per heavy atom. The highest BCUT2D eigenvalue weighted by Crippen LogP contribution is 2.05. The summed E-state index contributed by atoms with van der Waals surface area (Å²) in [6.45, 7) is 0.712. The molecule has 1 heterocycles. The number of halogens is 1. The van der Waals surface area contributed by atoms with Gasteiger partial charge in [-0.3, -0.25) is 0 Å². The van der Waals surface area contributed by atoms with Gasteiger partial charge in [0.05, 0.1) is 6.61 Å². The first-order valence-corrected chi connectivity index (χ1v) is 4.52. The van der Waals surface area contributed by atoms with Crippen molar-refractivity contribution in [3.8, 4) is 0 Å². The molecule has 1 aromatic rings. The van der Waals surface area contributed by atoms with Gasteiger partial charge in [0.15, 0.2) is 0 Å². The van der Waals surface area contributed by atoms with Gasteiger partial charge in [0, 0.05) is 26.3 Å². The second-order valence-corrected chi connectivity index (χ2v) is 2.82. The summed E-state index contributed by atoms with van der Waals surface area (Å²) in [5, 5.41) is 0. The molecular weight excluding hydrogens is 201 g/mol. The third kappa shape index (κ3) is 3.63. The zero-order chi connectivity index (χ0) is 11.1. The maximum atomic E-state index is 13.0. The minimum absolute atomic E-state index is 0.144. The average Bonchev–Trinajstić information content (AvgIpc) is 2.25. The van der Waals surface area contributed by atoms with Crippen LogP contribution >= 0.6 is 0 Å². The SMILES string of the molecule is COCCCOC(=O)c1cccnc1F. The summed E-state index contributed by atoms with van der Waals surface area (Å²) in [6.07, 6.45) is 1.86. The molecule has 1 rings (SSSR count). The Bertz CT molecular complexity index is 330. The van der Waals surface area contributed by atoms with Gasteiger partial charge in [0.2, 0.25) is 5.95 Å². The van der Waals surface area contributed by atoms with Gasteiger partial charge in [-0.15, -0.1) is 0 Å². The van der Waals surface area contributed by atoms with E-state index in [1.807, 2.05) is 0 Å². The molecule has 0 amide bonds. The first-order valence-electron chi connectivity index (χ1n) is 4.52. The molecule has 0 atom stereocenters. The lowest BCUT2D eigenvalue weighted by Gasteiger charge is -2.04. The molecule has 1 aromatic heterocycles. The predicted molar refractivity (Wildman–Crippen MR) is 51.0 cm³/mol. The standard InChI is InChI=1S/C10H12FNO3/c1-14-6-3-7-15-10(13)8-4-2-5-12-9(8)11/h2,4-5H,3,6-7H2,1H3. The van der Waals surface area contributed by atoms with Crippen LogP contribution in [0.25, 0.3) is 0 Å². The number of carbonyl (C=O) groups excluding carboxylic acids is 1. The Labute approximate surface area is 87.0 Å². The van der Waals surface area contributed by atoms with Crippen LogP contribution in [0.1, 0.15) is 16.8 Å².